The SMILES string of the molecule is CSCCC(NC(=O)CNC(=O)C1CCCN1)C(=O)NC(C(=O)O)C(C)C. The van der Waals surface area contributed by atoms with Crippen LogP contribution in [0.3, 0.4) is 0 Å². The van der Waals surface area contributed by atoms with Crippen LogP contribution in [0.5, 0.6) is 0 Å². The van der Waals surface area contributed by atoms with Gasteiger partial charge in [0.05, 0.1) is 12.6 Å². The Balaban J connectivity index is 2.58. The van der Waals surface area contributed by atoms with E-state index in [9.17, 15) is 24.3 Å². The van der Waals surface area contributed by atoms with Gasteiger partial charge in [-0.3, -0.25) is 14.4 Å². The van der Waals surface area contributed by atoms with Crippen LogP contribution in [-0.2, 0) is 19.2 Å². The summed E-state index contributed by atoms with van der Waals surface area (Å²) in [5.41, 5.74) is 0. The zero-order valence-electron chi connectivity index (χ0n) is 16.0. The molecule has 0 spiro atoms. The minimum Gasteiger partial charge on any atom is -0.480 e. The molecule has 0 radical (unpaired) electrons. The quantitative estimate of drug-likeness (QED) is 0.309. The zero-order chi connectivity index (χ0) is 20.4. The molecule has 0 aromatic rings. The van der Waals surface area contributed by atoms with Gasteiger partial charge in [0.15, 0.2) is 0 Å². The Kier molecular flexibility index (Phi) is 10.2. The molecule has 1 aliphatic rings. The Bertz CT molecular complexity index is 537. The minimum absolute atomic E-state index is 0.230. The van der Waals surface area contributed by atoms with Crippen molar-refractivity contribution in [1.82, 2.24) is 21.3 Å². The van der Waals surface area contributed by atoms with E-state index in [4.69, 9.17) is 0 Å². The van der Waals surface area contributed by atoms with Gasteiger partial charge in [0.25, 0.3) is 0 Å². The van der Waals surface area contributed by atoms with E-state index in [0.29, 0.717) is 12.2 Å². The maximum Gasteiger partial charge on any atom is 0.326 e. The molecule has 0 aromatic heterocycles. The molecule has 5 N–H and O–H groups in total. The van der Waals surface area contributed by atoms with Crippen molar-refractivity contribution >= 4 is 35.5 Å². The van der Waals surface area contributed by atoms with Crippen molar-refractivity contribution in [2.75, 3.05) is 25.1 Å². The first-order chi connectivity index (χ1) is 12.8. The number of thioether (sulfide) groups is 1. The van der Waals surface area contributed by atoms with Gasteiger partial charge in [-0.05, 0) is 43.7 Å². The maximum absolute atomic E-state index is 12.5. The molecule has 0 aromatic carbocycles. The highest BCUT2D eigenvalue weighted by Crippen LogP contribution is 2.06. The lowest BCUT2D eigenvalue weighted by Gasteiger charge is -2.23. The molecular weight excluding hydrogens is 372 g/mol. The number of aliphatic carboxylic acids is 1. The summed E-state index contributed by atoms with van der Waals surface area (Å²) in [5, 5.41) is 19.9. The summed E-state index contributed by atoms with van der Waals surface area (Å²) < 4.78 is 0. The van der Waals surface area contributed by atoms with Gasteiger partial charge in [0.1, 0.15) is 12.1 Å². The van der Waals surface area contributed by atoms with Crippen LogP contribution in [-0.4, -0.2) is 72.0 Å². The van der Waals surface area contributed by atoms with E-state index in [0.717, 1.165) is 19.4 Å². The van der Waals surface area contributed by atoms with Crippen LogP contribution in [0, 0.1) is 5.92 Å². The molecule has 3 amide bonds. The minimum atomic E-state index is -1.12. The maximum atomic E-state index is 12.5. The van der Waals surface area contributed by atoms with Gasteiger partial charge < -0.3 is 26.4 Å². The number of hydrogen-bond acceptors (Lipinski definition) is 6. The van der Waals surface area contributed by atoms with E-state index < -0.39 is 29.9 Å². The fraction of sp³-hybridized carbons (Fsp3) is 0.765. The lowest BCUT2D eigenvalue weighted by molar-refractivity contribution is -0.143. The Hall–Kier alpha value is -1.81. The molecule has 0 saturated carbocycles. The van der Waals surface area contributed by atoms with Gasteiger partial charge in [0, 0.05) is 0 Å². The Morgan fingerprint density at radius 2 is 1.93 bits per heavy atom. The average Bonchev–Trinajstić information content (AvgIpc) is 3.15. The molecule has 154 valence electrons. The van der Waals surface area contributed by atoms with Crippen LogP contribution in [0.4, 0.5) is 0 Å². The average molecular weight is 403 g/mol. The summed E-state index contributed by atoms with van der Waals surface area (Å²) in [6.07, 6.45) is 3.89. The molecule has 27 heavy (non-hydrogen) atoms. The molecule has 3 atom stereocenters. The lowest BCUT2D eigenvalue weighted by Crippen LogP contribution is -2.54. The highest BCUT2D eigenvalue weighted by molar-refractivity contribution is 7.98. The second-order valence-electron chi connectivity index (χ2n) is 6.84. The van der Waals surface area contributed by atoms with E-state index in [1.165, 1.54) is 11.8 Å². The Labute approximate surface area is 163 Å². The Morgan fingerprint density at radius 1 is 1.22 bits per heavy atom. The molecule has 0 aliphatic carbocycles. The third-order valence-corrected chi connectivity index (χ3v) is 4.94. The molecule has 1 aliphatic heterocycles. The topological polar surface area (TPSA) is 137 Å². The molecule has 1 heterocycles. The molecule has 1 saturated heterocycles. The fourth-order valence-corrected chi connectivity index (χ4v) is 3.19. The third kappa shape index (κ3) is 8.17. The molecular formula is C17H30N4O5S. The molecule has 1 rings (SSSR count). The first-order valence-corrected chi connectivity index (χ1v) is 10.5. The van der Waals surface area contributed by atoms with Crippen LogP contribution < -0.4 is 21.3 Å². The smallest absolute Gasteiger partial charge is 0.326 e. The van der Waals surface area contributed by atoms with E-state index >= 15 is 0 Å². The molecule has 9 nitrogen and oxygen atoms in total. The molecule has 10 heteroatoms. The van der Waals surface area contributed by atoms with E-state index in [1.54, 1.807) is 13.8 Å². The van der Waals surface area contributed by atoms with Gasteiger partial charge in [0.2, 0.25) is 17.7 Å². The highest BCUT2D eigenvalue weighted by atomic mass is 32.2. The predicted molar refractivity (Wildman–Crippen MR) is 103 cm³/mol. The molecule has 1 fully saturated rings. The first-order valence-electron chi connectivity index (χ1n) is 9.08. The van der Waals surface area contributed by atoms with Crippen molar-refractivity contribution in [2.45, 2.75) is 51.2 Å². The normalized spacial score (nSPS) is 18.6. The second-order valence-corrected chi connectivity index (χ2v) is 7.82. The number of amides is 3. The monoisotopic (exact) mass is 402 g/mol. The van der Waals surface area contributed by atoms with Crippen LogP contribution in [0.2, 0.25) is 0 Å². The lowest BCUT2D eigenvalue weighted by atomic mass is 10.0. The van der Waals surface area contributed by atoms with Gasteiger partial charge in [-0.25, -0.2) is 4.79 Å². The number of hydrogen-bond donors (Lipinski definition) is 5. The summed E-state index contributed by atoms with van der Waals surface area (Å²) in [7, 11) is 0. The van der Waals surface area contributed by atoms with Crippen molar-refractivity contribution < 1.29 is 24.3 Å². The van der Waals surface area contributed by atoms with Gasteiger partial charge in [-0.2, -0.15) is 11.8 Å². The third-order valence-electron chi connectivity index (χ3n) is 4.29. The largest absolute Gasteiger partial charge is 0.480 e. The predicted octanol–water partition coefficient (Wildman–Crippen LogP) is -0.682. The number of rotatable bonds is 11. The van der Waals surface area contributed by atoms with Crippen LogP contribution in [0.15, 0.2) is 0 Å². The summed E-state index contributed by atoms with van der Waals surface area (Å²) in [6.45, 7) is 3.94. The van der Waals surface area contributed by atoms with Crippen LogP contribution in [0.25, 0.3) is 0 Å². The number of nitrogens with one attached hydrogen (secondary N) is 4. The zero-order valence-corrected chi connectivity index (χ0v) is 16.9. The van der Waals surface area contributed by atoms with E-state index in [-0.39, 0.29) is 24.4 Å². The molecule has 3 unspecified atom stereocenters. The number of carboxylic acids is 1. The fourth-order valence-electron chi connectivity index (χ4n) is 2.72. The summed E-state index contributed by atoms with van der Waals surface area (Å²) in [6, 6.07) is -2.16. The van der Waals surface area contributed by atoms with Crippen molar-refractivity contribution in [3.8, 4) is 0 Å². The van der Waals surface area contributed by atoms with Gasteiger partial charge >= 0.3 is 5.97 Å². The Morgan fingerprint density at radius 3 is 2.44 bits per heavy atom. The highest BCUT2D eigenvalue weighted by Gasteiger charge is 2.28. The van der Waals surface area contributed by atoms with Crippen molar-refractivity contribution in [1.29, 1.82) is 0 Å². The van der Waals surface area contributed by atoms with Crippen LogP contribution in [0.1, 0.15) is 33.1 Å². The number of carboxylic acid groups (broad SMARTS) is 1. The number of carbonyl (C=O) groups is 4. The second kappa shape index (κ2) is 11.8. The summed E-state index contributed by atoms with van der Waals surface area (Å²) >= 11 is 1.52. The van der Waals surface area contributed by atoms with Gasteiger partial charge in [-0.15, -0.1) is 0 Å². The van der Waals surface area contributed by atoms with E-state index in [2.05, 4.69) is 21.3 Å². The van der Waals surface area contributed by atoms with Crippen molar-refractivity contribution in [3.63, 3.8) is 0 Å². The summed E-state index contributed by atoms with van der Waals surface area (Å²) in [5.74, 6) is -2.05. The number of carbonyl (C=O) groups excluding carboxylic acids is 3. The van der Waals surface area contributed by atoms with Crippen LogP contribution >= 0.6 is 11.8 Å². The van der Waals surface area contributed by atoms with Crippen molar-refractivity contribution in [3.05, 3.63) is 0 Å². The van der Waals surface area contributed by atoms with Gasteiger partial charge in [-0.1, -0.05) is 13.8 Å². The standard InChI is InChI=1S/C17H30N4O5S/c1-10(2)14(17(25)26)21-16(24)12(6-8-27-3)20-13(22)9-19-15(23)11-5-4-7-18-11/h10-12,14,18H,4-9H2,1-3H3,(H,19,23)(H,20,22)(H,21,24)(H,25,26). The summed E-state index contributed by atoms with van der Waals surface area (Å²) in [4.78, 5) is 47.8. The molecule has 0 bridgehead atoms. The van der Waals surface area contributed by atoms with Crippen molar-refractivity contribution in [2.24, 2.45) is 5.92 Å². The first kappa shape index (κ1) is 23.2. The van der Waals surface area contributed by atoms with E-state index in [1.807, 2.05) is 6.26 Å².